The zero-order chi connectivity index (χ0) is 10.1. The average molecular weight is 184 g/mol. The quantitative estimate of drug-likeness (QED) is 0.728. The van der Waals surface area contributed by atoms with Gasteiger partial charge in [-0.3, -0.25) is 9.59 Å². The predicted octanol–water partition coefficient (Wildman–Crippen LogP) is 1.86. The first-order valence-corrected chi connectivity index (χ1v) is 4.68. The van der Waals surface area contributed by atoms with Gasteiger partial charge in [-0.1, -0.05) is 13.8 Å². The second-order valence-corrected chi connectivity index (χ2v) is 4.47. The number of carbonyl (C=O) groups is 2. The molecule has 0 bridgehead atoms. The van der Waals surface area contributed by atoms with Crippen LogP contribution in [0.25, 0.3) is 0 Å². The number of hydrogen-bond donors (Lipinski definition) is 1. The molecule has 13 heavy (non-hydrogen) atoms. The van der Waals surface area contributed by atoms with Crippen LogP contribution < -0.4 is 0 Å². The Morgan fingerprint density at radius 3 is 2.62 bits per heavy atom. The number of carboxylic acid groups (broad SMARTS) is 1. The van der Waals surface area contributed by atoms with Crippen molar-refractivity contribution in [1.82, 2.24) is 0 Å². The van der Waals surface area contributed by atoms with Crippen molar-refractivity contribution in [3.05, 3.63) is 0 Å². The predicted molar refractivity (Wildman–Crippen MR) is 48.4 cm³/mol. The van der Waals surface area contributed by atoms with E-state index in [0.717, 1.165) is 12.8 Å². The molecule has 1 unspecified atom stereocenters. The standard InChI is InChI=1S/C10H16O3/c1-10(2,6-9(12)13)7-4-3-5-8(7)11/h7H,3-6H2,1-2H3,(H,12,13). The molecule has 0 heterocycles. The molecule has 0 aromatic heterocycles. The lowest BCUT2D eigenvalue weighted by atomic mass is 9.75. The van der Waals surface area contributed by atoms with Gasteiger partial charge >= 0.3 is 5.97 Å². The molecule has 1 atom stereocenters. The van der Waals surface area contributed by atoms with Crippen LogP contribution in [0.3, 0.4) is 0 Å². The monoisotopic (exact) mass is 184 g/mol. The van der Waals surface area contributed by atoms with Gasteiger partial charge in [-0.2, -0.15) is 0 Å². The second kappa shape index (κ2) is 3.48. The van der Waals surface area contributed by atoms with E-state index in [1.54, 1.807) is 0 Å². The Morgan fingerprint density at radius 2 is 2.23 bits per heavy atom. The fourth-order valence-corrected chi connectivity index (χ4v) is 2.16. The Balaban J connectivity index is 2.67. The fraction of sp³-hybridized carbons (Fsp3) is 0.800. The smallest absolute Gasteiger partial charge is 0.303 e. The third kappa shape index (κ3) is 2.29. The summed E-state index contributed by atoms with van der Waals surface area (Å²) in [4.78, 5) is 22.0. The Labute approximate surface area is 78.1 Å². The molecule has 1 N–H and O–H groups in total. The second-order valence-electron chi connectivity index (χ2n) is 4.47. The summed E-state index contributed by atoms with van der Waals surface area (Å²) in [6, 6.07) is 0. The van der Waals surface area contributed by atoms with Crippen LogP contribution in [0.5, 0.6) is 0 Å². The number of carboxylic acids is 1. The summed E-state index contributed by atoms with van der Waals surface area (Å²) in [7, 11) is 0. The van der Waals surface area contributed by atoms with Crippen LogP contribution in [-0.2, 0) is 9.59 Å². The van der Waals surface area contributed by atoms with Gasteiger partial charge in [0.1, 0.15) is 5.78 Å². The highest BCUT2D eigenvalue weighted by atomic mass is 16.4. The summed E-state index contributed by atoms with van der Waals surface area (Å²) in [5.74, 6) is -0.612. The topological polar surface area (TPSA) is 54.4 Å². The van der Waals surface area contributed by atoms with Crippen LogP contribution in [0.4, 0.5) is 0 Å². The van der Waals surface area contributed by atoms with Crippen LogP contribution >= 0.6 is 0 Å². The number of aliphatic carboxylic acids is 1. The van der Waals surface area contributed by atoms with Gasteiger partial charge in [0, 0.05) is 12.3 Å². The number of Topliss-reactive ketones (excluding diaryl/α,β-unsaturated/α-hetero) is 1. The fourth-order valence-electron chi connectivity index (χ4n) is 2.16. The third-order valence-corrected chi connectivity index (χ3v) is 2.85. The highest BCUT2D eigenvalue weighted by Crippen LogP contribution is 2.39. The molecule has 0 spiro atoms. The average Bonchev–Trinajstić information content (AvgIpc) is 2.32. The lowest BCUT2D eigenvalue weighted by Crippen LogP contribution is -2.29. The molecule has 0 aromatic carbocycles. The number of hydrogen-bond acceptors (Lipinski definition) is 2. The molecule has 0 aromatic rings. The maximum Gasteiger partial charge on any atom is 0.303 e. The zero-order valence-corrected chi connectivity index (χ0v) is 8.17. The molecule has 1 aliphatic carbocycles. The van der Waals surface area contributed by atoms with Crippen molar-refractivity contribution in [1.29, 1.82) is 0 Å². The van der Waals surface area contributed by atoms with Gasteiger partial charge in [0.25, 0.3) is 0 Å². The molecule has 3 nitrogen and oxygen atoms in total. The summed E-state index contributed by atoms with van der Waals surface area (Å²) in [6.45, 7) is 3.74. The first-order valence-electron chi connectivity index (χ1n) is 4.68. The minimum absolute atomic E-state index is 0.0383. The lowest BCUT2D eigenvalue weighted by molar-refractivity contribution is -0.140. The van der Waals surface area contributed by atoms with Crippen LogP contribution in [0.1, 0.15) is 39.5 Å². The van der Waals surface area contributed by atoms with Gasteiger partial charge in [-0.15, -0.1) is 0 Å². The van der Waals surface area contributed by atoms with Crippen molar-refractivity contribution in [3.63, 3.8) is 0 Å². The van der Waals surface area contributed by atoms with Gasteiger partial charge < -0.3 is 5.11 Å². The van der Waals surface area contributed by atoms with E-state index < -0.39 is 5.97 Å². The van der Waals surface area contributed by atoms with Crippen molar-refractivity contribution in [2.45, 2.75) is 39.5 Å². The van der Waals surface area contributed by atoms with E-state index in [-0.39, 0.29) is 23.5 Å². The molecule has 74 valence electrons. The first-order chi connectivity index (χ1) is 5.93. The van der Waals surface area contributed by atoms with E-state index >= 15 is 0 Å². The summed E-state index contributed by atoms with van der Waals surface area (Å²) in [6.07, 6.45) is 2.50. The van der Waals surface area contributed by atoms with Crippen molar-refractivity contribution < 1.29 is 14.7 Å². The van der Waals surface area contributed by atoms with Crippen LogP contribution in [-0.4, -0.2) is 16.9 Å². The van der Waals surface area contributed by atoms with Crippen LogP contribution in [0.2, 0.25) is 0 Å². The minimum Gasteiger partial charge on any atom is -0.481 e. The van der Waals surface area contributed by atoms with E-state index in [1.165, 1.54) is 0 Å². The molecule has 1 aliphatic rings. The number of ketones is 1. The molecular weight excluding hydrogens is 168 g/mol. The molecule has 1 saturated carbocycles. The Hall–Kier alpha value is -0.860. The minimum atomic E-state index is -0.815. The van der Waals surface area contributed by atoms with Crippen molar-refractivity contribution in [2.24, 2.45) is 11.3 Å². The third-order valence-electron chi connectivity index (χ3n) is 2.85. The summed E-state index contributed by atoms with van der Waals surface area (Å²) in [5, 5.41) is 8.68. The molecule has 1 rings (SSSR count). The van der Waals surface area contributed by atoms with Crippen LogP contribution in [0, 0.1) is 11.3 Å². The normalized spacial score (nSPS) is 23.5. The van der Waals surface area contributed by atoms with Gasteiger partial charge in [0.2, 0.25) is 0 Å². The number of carbonyl (C=O) groups excluding carboxylic acids is 1. The summed E-state index contributed by atoms with van der Waals surface area (Å²) >= 11 is 0. The maximum atomic E-state index is 11.4. The lowest BCUT2D eigenvalue weighted by Gasteiger charge is -2.28. The van der Waals surface area contributed by atoms with Gasteiger partial charge in [-0.05, 0) is 18.3 Å². The van der Waals surface area contributed by atoms with Crippen molar-refractivity contribution in [2.75, 3.05) is 0 Å². The maximum absolute atomic E-state index is 11.4. The summed E-state index contributed by atoms with van der Waals surface area (Å²) < 4.78 is 0. The first kappa shape index (κ1) is 10.2. The molecule has 0 amide bonds. The highest BCUT2D eigenvalue weighted by molar-refractivity contribution is 5.84. The van der Waals surface area contributed by atoms with E-state index in [1.807, 2.05) is 13.8 Å². The van der Waals surface area contributed by atoms with E-state index in [0.29, 0.717) is 6.42 Å². The molecule has 0 radical (unpaired) electrons. The Morgan fingerprint density at radius 1 is 1.62 bits per heavy atom. The van der Waals surface area contributed by atoms with E-state index in [9.17, 15) is 9.59 Å². The van der Waals surface area contributed by atoms with E-state index in [2.05, 4.69) is 0 Å². The highest BCUT2D eigenvalue weighted by Gasteiger charge is 2.38. The SMILES string of the molecule is CC(C)(CC(=O)O)C1CCCC1=O. The number of rotatable bonds is 3. The molecule has 3 heteroatoms. The van der Waals surface area contributed by atoms with E-state index in [4.69, 9.17) is 5.11 Å². The molecule has 0 aliphatic heterocycles. The molecular formula is C10H16O3. The van der Waals surface area contributed by atoms with Gasteiger partial charge in [0.05, 0.1) is 6.42 Å². The van der Waals surface area contributed by atoms with Gasteiger partial charge in [-0.25, -0.2) is 0 Å². The van der Waals surface area contributed by atoms with Gasteiger partial charge in [0.15, 0.2) is 0 Å². The summed E-state index contributed by atoms with van der Waals surface area (Å²) in [5.41, 5.74) is -0.376. The zero-order valence-electron chi connectivity index (χ0n) is 8.17. The molecule has 0 saturated heterocycles. The van der Waals surface area contributed by atoms with Crippen molar-refractivity contribution >= 4 is 11.8 Å². The largest absolute Gasteiger partial charge is 0.481 e. The Bertz CT molecular complexity index is 230. The Kier molecular flexibility index (Phi) is 2.74. The van der Waals surface area contributed by atoms with Crippen LogP contribution in [0.15, 0.2) is 0 Å². The molecule has 1 fully saturated rings. The van der Waals surface area contributed by atoms with Crippen molar-refractivity contribution in [3.8, 4) is 0 Å².